The molecule has 2 rings (SSSR count). The Morgan fingerprint density at radius 2 is 2.33 bits per heavy atom. The predicted octanol–water partition coefficient (Wildman–Crippen LogP) is -1.38. The summed E-state index contributed by atoms with van der Waals surface area (Å²) in [5.41, 5.74) is 2.32. The zero-order valence-corrected chi connectivity index (χ0v) is 13.0. The summed E-state index contributed by atoms with van der Waals surface area (Å²) in [6, 6.07) is 0. The number of carbonyl (C=O) groups is 1. The number of hydrogen-bond donors (Lipinski definition) is 5. The Kier molecular flexibility index (Phi) is 4.90. The van der Waals surface area contributed by atoms with Gasteiger partial charge in [0.25, 0.3) is 5.91 Å². The Morgan fingerprint density at radius 1 is 1.71 bits per heavy atom. The maximum atomic E-state index is 14.6. The second kappa shape index (κ2) is 6.43. The fourth-order valence-corrected chi connectivity index (χ4v) is 2.62. The highest BCUT2D eigenvalue weighted by atomic mass is 19.1. The molecule has 0 aliphatic carbocycles. The summed E-state index contributed by atoms with van der Waals surface area (Å²) in [5, 5.41) is 37.2. The molecule has 1 aliphatic heterocycles. The van der Waals surface area contributed by atoms with E-state index in [0.29, 0.717) is 0 Å². The zero-order chi connectivity index (χ0) is 18.2. The normalized spacial score (nSPS) is 31.0. The van der Waals surface area contributed by atoms with Crippen LogP contribution in [0.1, 0.15) is 35.5 Å². The fourth-order valence-electron chi connectivity index (χ4n) is 2.62. The molecule has 0 radical (unpaired) electrons. The molecule has 134 valence electrons. The third-order valence-electron chi connectivity index (χ3n) is 3.94. The highest BCUT2D eigenvalue weighted by molar-refractivity contribution is 5.94. The van der Waals surface area contributed by atoms with Gasteiger partial charge in [0.15, 0.2) is 11.9 Å². The lowest BCUT2D eigenvalue weighted by atomic mass is 9.96. The minimum Gasteiger partial charge on any atom is -0.482 e. The number of imidazole rings is 1. The minimum absolute atomic E-state index is 0.453. The highest BCUT2D eigenvalue weighted by Crippen LogP contribution is 2.40. The zero-order valence-electron chi connectivity index (χ0n) is 13.0. The van der Waals surface area contributed by atoms with Gasteiger partial charge in [-0.3, -0.25) is 10.2 Å². The smallest absolute Gasteiger partial charge is 0.269 e. The lowest BCUT2D eigenvalue weighted by Gasteiger charge is -2.28. The van der Waals surface area contributed by atoms with E-state index >= 15 is 0 Å². The van der Waals surface area contributed by atoms with Crippen molar-refractivity contribution in [2.75, 3.05) is 13.7 Å². The van der Waals surface area contributed by atoms with Crippen LogP contribution >= 0.6 is 0 Å². The number of aromatic nitrogens is 2. The first-order valence-electron chi connectivity index (χ1n) is 6.96. The molecule has 1 aromatic rings. The van der Waals surface area contributed by atoms with Crippen LogP contribution in [0.3, 0.4) is 0 Å². The average Bonchev–Trinajstić information content (AvgIpc) is 3.06. The van der Waals surface area contributed by atoms with Crippen molar-refractivity contribution in [1.82, 2.24) is 9.55 Å². The van der Waals surface area contributed by atoms with Crippen LogP contribution in [-0.2, 0) is 9.47 Å². The van der Waals surface area contributed by atoms with Gasteiger partial charge in [0, 0.05) is 0 Å². The SMILES string of the molecule is COC(=N)C(F)c1c(C(N)=O)ncn1[C@@H]1O[C@H](CO)[C@@H](O)[C@@]1(C)O. The molecular formula is C13H19FN4O6. The lowest BCUT2D eigenvalue weighted by Crippen LogP contribution is -2.44. The van der Waals surface area contributed by atoms with E-state index in [1.54, 1.807) is 0 Å². The molecule has 0 bridgehead atoms. The molecule has 2 heterocycles. The quantitative estimate of drug-likeness (QED) is 0.324. The fraction of sp³-hybridized carbons (Fsp3) is 0.615. The van der Waals surface area contributed by atoms with Gasteiger partial charge < -0.3 is 35.1 Å². The summed E-state index contributed by atoms with van der Waals surface area (Å²) in [5.74, 6) is -1.86. The van der Waals surface area contributed by atoms with Crippen molar-refractivity contribution in [2.24, 2.45) is 5.73 Å². The Balaban J connectivity index is 2.55. The molecule has 0 spiro atoms. The third-order valence-corrected chi connectivity index (χ3v) is 3.94. The van der Waals surface area contributed by atoms with Gasteiger partial charge in [-0.2, -0.15) is 0 Å². The highest BCUT2D eigenvalue weighted by Gasteiger charge is 2.54. The summed E-state index contributed by atoms with van der Waals surface area (Å²) in [7, 11) is 1.08. The van der Waals surface area contributed by atoms with Gasteiger partial charge in [0.1, 0.15) is 17.8 Å². The molecule has 1 saturated heterocycles. The van der Waals surface area contributed by atoms with Crippen molar-refractivity contribution < 1.29 is 34.0 Å². The van der Waals surface area contributed by atoms with Gasteiger partial charge in [-0.1, -0.05) is 0 Å². The summed E-state index contributed by atoms with van der Waals surface area (Å²) in [4.78, 5) is 15.2. The largest absolute Gasteiger partial charge is 0.482 e. The number of alkyl halides is 1. The topological polar surface area (TPSA) is 164 Å². The van der Waals surface area contributed by atoms with Crippen LogP contribution in [0.2, 0.25) is 0 Å². The molecule has 11 heteroatoms. The molecule has 1 aliphatic rings. The van der Waals surface area contributed by atoms with Gasteiger partial charge in [0.05, 0.1) is 25.7 Å². The Bertz CT molecular complexity index is 648. The molecular weight excluding hydrogens is 327 g/mol. The molecule has 1 fully saturated rings. The second-order valence-corrected chi connectivity index (χ2v) is 5.56. The van der Waals surface area contributed by atoms with Crippen LogP contribution in [-0.4, -0.2) is 68.2 Å². The number of nitrogens with one attached hydrogen (secondary N) is 1. The van der Waals surface area contributed by atoms with Crippen LogP contribution in [0.5, 0.6) is 0 Å². The van der Waals surface area contributed by atoms with Crippen molar-refractivity contribution in [1.29, 1.82) is 5.41 Å². The Labute approximate surface area is 136 Å². The van der Waals surface area contributed by atoms with Crippen molar-refractivity contribution in [2.45, 2.75) is 37.1 Å². The van der Waals surface area contributed by atoms with Crippen LogP contribution in [0.15, 0.2) is 6.33 Å². The third kappa shape index (κ3) is 2.75. The van der Waals surface area contributed by atoms with E-state index in [2.05, 4.69) is 9.72 Å². The molecule has 1 unspecified atom stereocenters. The summed E-state index contributed by atoms with van der Waals surface area (Å²) in [6.07, 6.45) is -5.18. The Hall–Kier alpha value is -2.08. The number of carbonyl (C=O) groups excluding carboxylic acids is 1. The van der Waals surface area contributed by atoms with E-state index in [1.165, 1.54) is 6.92 Å². The summed E-state index contributed by atoms with van der Waals surface area (Å²) in [6.45, 7) is 0.633. The summed E-state index contributed by atoms with van der Waals surface area (Å²) < 4.78 is 25.4. The number of amides is 1. The number of primary amides is 1. The van der Waals surface area contributed by atoms with Crippen molar-refractivity contribution in [3.8, 4) is 0 Å². The van der Waals surface area contributed by atoms with Crippen molar-refractivity contribution in [3.63, 3.8) is 0 Å². The van der Waals surface area contributed by atoms with Gasteiger partial charge in [-0.25, -0.2) is 9.37 Å². The van der Waals surface area contributed by atoms with E-state index in [4.69, 9.17) is 15.9 Å². The first-order valence-corrected chi connectivity index (χ1v) is 6.96. The van der Waals surface area contributed by atoms with Crippen LogP contribution in [0.4, 0.5) is 4.39 Å². The lowest BCUT2D eigenvalue weighted by molar-refractivity contribution is -0.0983. The number of nitrogens with two attached hydrogens (primary N) is 1. The number of aliphatic hydroxyl groups is 3. The average molecular weight is 346 g/mol. The number of rotatable bonds is 5. The van der Waals surface area contributed by atoms with Gasteiger partial charge in [-0.15, -0.1) is 0 Å². The number of aliphatic hydroxyl groups excluding tert-OH is 2. The maximum Gasteiger partial charge on any atom is 0.269 e. The van der Waals surface area contributed by atoms with Gasteiger partial charge in [-0.05, 0) is 6.92 Å². The molecule has 1 aromatic heterocycles. The van der Waals surface area contributed by atoms with E-state index in [0.717, 1.165) is 18.0 Å². The predicted molar refractivity (Wildman–Crippen MR) is 77.0 cm³/mol. The monoisotopic (exact) mass is 346 g/mol. The molecule has 5 atom stereocenters. The van der Waals surface area contributed by atoms with E-state index < -0.39 is 60.0 Å². The number of halogens is 1. The van der Waals surface area contributed by atoms with E-state index in [1.807, 2.05) is 0 Å². The van der Waals surface area contributed by atoms with Crippen molar-refractivity contribution >= 4 is 11.8 Å². The standard InChI is InChI=1S/C13H19FN4O6/c1-13(22)9(20)5(3-19)24-12(13)18-4-17-7(10(15)21)8(18)6(14)11(16)23-2/h4-6,9,12,16,19-20,22H,3H2,1-2H3,(H2,15,21)/t5-,6?,9-,12-,13-/m1/s1. The Morgan fingerprint density at radius 3 is 2.79 bits per heavy atom. The number of methoxy groups -OCH3 is 1. The van der Waals surface area contributed by atoms with Gasteiger partial charge in [0.2, 0.25) is 12.1 Å². The van der Waals surface area contributed by atoms with E-state index in [-0.39, 0.29) is 0 Å². The van der Waals surface area contributed by atoms with Gasteiger partial charge >= 0.3 is 0 Å². The molecule has 1 amide bonds. The first kappa shape index (κ1) is 18.3. The second-order valence-electron chi connectivity index (χ2n) is 5.56. The molecule has 10 nitrogen and oxygen atoms in total. The maximum absolute atomic E-state index is 14.6. The number of ether oxygens (including phenoxy) is 2. The first-order chi connectivity index (χ1) is 11.2. The van der Waals surface area contributed by atoms with Crippen LogP contribution in [0.25, 0.3) is 0 Å². The number of nitrogens with zero attached hydrogens (tertiary/aromatic N) is 2. The minimum atomic E-state index is -2.20. The molecule has 24 heavy (non-hydrogen) atoms. The molecule has 0 saturated carbocycles. The summed E-state index contributed by atoms with van der Waals surface area (Å²) >= 11 is 0. The van der Waals surface area contributed by atoms with Crippen LogP contribution < -0.4 is 5.73 Å². The molecule has 6 N–H and O–H groups in total. The van der Waals surface area contributed by atoms with Crippen LogP contribution in [0, 0.1) is 5.41 Å². The van der Waals surface area contributed by atoms with E-state index in [9.17, 15) is 24.5 Å². The van der Waals surface area contributed by atoms with Crippen molar-refractivity contribution in [3.05, 3.63) is 17.7 Å². The number of hydrogen-bond acceptors (Lipinski definition) is 8. The molecule has 0 aromatic carbocycles.